The van der Waals surface area contributed by atoms with E-state index in [2.05, 4.69) is 18.8 Å². The molecule has 2 unspecified atom stereocenters. The van der Waals surface area contributed by atoms with Crippen molar-refractivity contribution in [2.24, 2.45) is 11.8 Å². The smallest absolute Gasteiger partial charge is 0.00208 e. The molecule has 1 nitrogen and oxygen atoms in total. The minimum Gasteiger partial charge on any atom is -0.319 e. The number of rotatable bonds is 5. The van der Waals surface area contributed by atoms with Crippen LogP contribution < -0.4 is 5.32 Å². The van der Waals surface area contributed by atoms with Crippen molar-refractivity contribution in [3.05, 3.63) is 12.2 Å². The van der Waals surface area contributed by atoms with Crippen LogP contribution in [0.15, 0.2) is 12.2 Å². The van der Waals surface area contributed by atoms with Gasteiger partial charge in [0.15, 0.2) is 0 Å². The summed E-state index contributed by atoms with van der Waals surface area (Å²) >= 11 is 0. The molecule has 70 valence electrons. The average Bonchev–Trinajstić information content (AvgIpc) is 2.08. The van der Waals surface area contributed by atoms with E-state index in [1.54, 1.807) is 0 Å². The van der Waals surface area contributed by atoms with Crippen LogP contribution in [-0.2, 0) is 0 Å². The first-order valence-electron chi connectivity index (χ1n) is 5.09. The molecule has 1 N–H and O–H groups in total. The van der Waals surface area contributed by atoms with Gasteiger partial charge in [-0.3, -0.25) is 0 Å². The summed E-state index contributed by atoms with van der Waals surface area (Å²) in [4.78, 5) is 0. The Morgan fingerprint density at radius 1 is 1.42 bits per heavy atom. The van der Waals surface area contributed by atoms with E-state index in [1.807, 2.05) is 7.05 Å². The lowest BCUT2D eigenvalue weighted by Gasteiger charge is -2.37. The van der Waals surface area contributed by atoms with Crippen LogP contribution in [0.2, 0.25) is 0 Å². The van der Waals surface area contributed by atoms with Crippen molar-refractivity contribution in [2.75, 3.05) is 13.6 Å². The van der Waals surface area contributed by atoms with Crippen LogP contribution in [0.1, 0.15) is 32.6 Å². The highest BCUT2D eigenvalue weighted by Gasteiger charge is 2.29. The molecule has 1 saturated carbocycles. The van der Waals surface area contributed by atoms with E-state index in [0.29, 0.717) is 0 Å². The van der Waals surface area contributed by atoms with Gasteiger partial charge in [-0.15, -0.1) is 0 Å². The molecule has 0 amide bonds. The topological polar surface area (TPSA) is 12.0 Å². The fourth-order valence-corrected chi connectivity index (χ4v) is 1.95. The minimum absolute atomic E-state index is 0.929. The van der Waals surface area contributed by atoms with E-state index in [0.717, 1.165) is 18.3 Å². The zero-order valence-electron chi connectivity index (χ0n) is 8.40. The van der Waals surface area contributed by atoms with E-state index >= 15 is 0 Å². The van der Waals surface area contributed by atoms with Crippen LogP contribution in [0, 0.1) is 11.8 Å². The molecule has 0 saturated heterocycles. The monoisotopic (exact) mass is 167 g/mol. The molecule has 0 spiro atoms. The molecular formula is C11H21N. The summed E-state index contributed by atoms with van der Waals surface area (Å²) in [5.74, 6) is 1.86. The number of hydrogen-bond donors (Lipinski definition) is 1. The van der Waals surface area contributed by atoms with Crippen LogP contribution in [0.4, 0.5) is 0 Å². The van der Waals surface area contributed by atoms with Gasteiger partial charge < -0.3 is 5.32 Å². The SMILES string of the molecule is C=C(CC)CC1CCC1CNC. The van der Waals surface area contributed by atoms with E-state index in [9.17, 15) is 0 Å². The molecule has 0 aromatic rings. The largest absolute Gasteiger partial charge is 0.319 e. The van der Waals surface area contributed by atoms with Crippen LogP contribution in [0.25, 0.3) is 0 Å². The summed E-state index contributed by atoms with van der Waals surface area (Å²) in [5, 5.41) is 3.26. The Morgan fingerprint density at radius 3 is 2.50 bits per heavy atom. The molecular weight excluding hydrogens is 146 g/mol. The van der Waals surface area contributed by atoms with Crippen molar-refractivity contribution < 1.29 is 0 Å². The zero-order chi connectivity index (χ0) is 8.97. The Kier molecular flexibility index (Phi) is 3.80. The van der Waals surface area contributed by atoms with Gasteiger partial charge in [0, 0.05) is 0 Å². The molecule has 0 aliphatic heterocycles. The molecule has 0 heterocycles. The summed E-state index contributed by atoms with van der Waals surface area (Å²) in [6, 6.07) is 0. The van der Waals surface area contributed by atoms with Gasteiger partial charge in [0.2, 0.25) is 0 Å². The van der Waals surface area contributed by atoms with Gasteiger partial charge in [-0.05, 0) is 51.1 Å². The van der Waals surface area contributed by atoms with Crippen molar-refractivity contribution in [1.29, 1.82) is 0 Å². The molecule has 2 atom stereocenters. The summed E-state index contributed by atoms with van der Waals surface area (Å²) in [7, 11) is 2.05. The van der Waals surface area contributed by atoms with Gasteiger partial charge in [-0.25, -0.2) is 0 Å². The summed E-state index contributed by atoms with van der Waals surface area (Å²) in [6.45, 7) is 7.47. The van der Waals surface area contributed by atoms with Gasteiger partial charge >= 0.3 is 0 Å². The average molecular weight is 167 g/mol. The van der Waals surface area contributed by atoms with E-state index in [4.69, 9.17) is 0 Å². The van der Waals surface area contributed by atoms with Gasteiger partial charge in [-0.2, -0.15) is 0 Å². The van der Waals surface area contributed by atoms with Gasteiger partial charge in [0.1, 0.15) is 0 Å². The number of allylic oxidation sites excluding steroid dienone is 1. The van der Waals surface area contributed by atoms with E-state index in [-0.39, 0.29) is 0 Å². The lowest BCUT2D eigenvalue weighted by atomic mass is 9.70. The predicted octanol–water partition coefficient (Wildman–Crippen LogP) is 2.59. The summed E-state index contributed by atoms with van der Waals surface area (Å²) in [6.07, 6.45) is 5.26. The first-order chi connectivity index (χ1) is 5.77. The zero-order valence-corrected chi connectivity index (χ0v) is 8.40. The van der Waals surface area contributed by atoms with Crippen LogP contribution >= 0.6 is 0 Å². The fraction of sp³-hybridized carbons (Fsp3) is 0.818. The van der Waals surface area contributed by atoms with Crippen molar-refractivity contribution in [1.82, 2.24) is 5.32 Å². The first kappa shape index (κ1) is 9.79. The van der Waals surface area contributed by atoms with E-state index in [1.165, 1.54) is 31.4 Å². The molecule has 0 aromatic heterocycles. The maximum Gasteiger partial charge on any atom is -0.00208 e. The second-order valence-electron chi connectivity index (χ2n) is 3.96. The molecule has 0 bridgehead atoms. The molecule has 0 radical (unpaired) electrons. The van der Waals surface area contributed by atoms with Crippen molar-refractivity contribution >= 4 is 0 Å². The summed E-state index contributed by atoms with van der Waals surface area (Å²) < 4.78 is 0. The molecule has 1 rings (SSSR count). The molecule has 0 aromatic carbocycles. The summed E-state index contributed by atoms with van der Waals surface area (Å²) in [5.41, 5.74) is 1.43. The molecule has 12 heavy (non-hydrogen) atoms. The third kappa shape index (κ3) is 2.34. The molecule has 1 aliphatic carbocycles. The Labute approximate surface area is 76.2 Å². The van der Waals surface area contributed by atoms with E-state index < -0.39 is 0 Å². The highest BCUT2D eigenvalue weighted by molar-refractivity contribution is 4.98. The Bertz CT molecular complexity index is 151. The third-order valence-electron chi connectivity index (χ3n) is 3.09. The highest BCUT2D eigenvalue weighted by Crippen LogP contribution is 2.38. The predicted molar refractivity (Wildman–Crippen MR) is 54.2 cm³/mol. The lowest BCUT2D eigenvalue weighted by molar-refractivity contribution is 0.173. The normalized spacial score (nSPS) is 28.2. The third-order valence-corrected chi connectivity index (χ3v) is 3.09. The van der Waals surface area contributed by atoms with Crippen molar-refractivity contribution in [3.63, 3.8) is 0 Å². The Morgan fingerprint density at radius 2 is 2.08 bits per heavy atom. The number of nitrogens with one attached hydrogen (secondary N) is 1. The van der Waals surface area contributed by atoms with Gasteiger partial charge in [-0.1, -0.05) is 19.1 Å². The maximum atomic E-state index is 4.07. The quantitative estimate of drug-likeness (QED) is 0.621. The van der Waals surface area contributed by atoms with Crippen molar-refractivity contribution in [2.45, 2.75) is 32.6 Å². The fourth-order valence-electron chi connectivity index (χ4n) is 1.95. The molecule has 1 aliphatic rings. The van der Waals surface area contributed by atoms with Gasteiger partial charge in [0.05, 0.1) is 0 Å². The standard InChI is InChI=1S/C11H21N/c1-4-9(2)7-10-5-6-11(10)8-12-3/h10-12H,2,4-8H2,1,3H3. The maximum absolute atomic E-state index is 4.07. The highest BCUT2D eigenvalue weighted by atomic mass is 14.8. The first-order valence-corrected chi connectivity index (χ1v) is 5.09. The van der Waals surface area contributed by atoms with Crippen LogP contribution in [0.3, 0.4) is 0 Å². The molecule has 1 heteroatoms. The molecule has 1 fully saturated rings. The Balaban J connectivity index is 2.20. The van der Waals surface area contributed by atoms with Crippen LogP contribution in [-0.4, -0.2) is 13.6 Å². The van der Waals surface area contributed by atoms with Gasteiger partial charge in [0.25, 0.3) is 0 Å². The Hall–Kier alpha value is -0.300. The second-order valence-corrected chi connectivity index (χ2v) is 3.96. The second kappa shape index (κ2) is 4.66. The number of hydrogen-bond acceptors (Lipinski definition) is 1. The minimum atomic E-state index is 0.929. The lowest BCUT2D eigenvalue weighted by Crippen LogP contribution is -2.34. The van der Waals surface area contributed by atoms with Crippen LogP contribution in [0.5, 0.6) is 0 Å². The van der Waals surface area contributed by atoms with Crippen molar-refractivity contribution in [3.8, 4) is 0 Å².